The molecular formula is C21H22N2. The van der Waals surface area contributed by atoms with Crippen molar-refractivity contribution in [1.29, 1.82) is 0 Å². The molecule has 0 aliphatic carbocycles. The molecule has 0 bridgehead atoms. The first-order chi connectivity index (χ1) is 11.2. The van der Waals surface area contributed by atoms with Crippen LogP contribution in [-0.4, -0.2) is 16.9 Å². The van der Waals surface area contributed by atoms with Crippen molar-refractivity contribution in [2.24, 2.45) is 0 Å². The Kier molecular flexibility index (Phi) is 4.84. The van der Waals surface area contributed by atoms with Crippen LogP contribution in [0.1, 0.15) is 16.7 Å². The molecule has 3 rings (SSSR count). The fraction of sp³-hybridized carbons (Fsp3) is 0.190. The highest BCUT2D eigenvalue weighted by Gasteiger charge is 2.03. The molecule has 0 aliphatic rings. The lowest BCUT2D eigenvalue weighted by Gasteiger charge is -2.17. The van der Waals surface area contributed by atoms with Gasteiger partial charge in [0.25, 0.3) is 0 Å². The van der Waals surface area contributed by atoms with Gasteiger partial charge in [-0.15, -0.1) is 0 Å². The van der Waals surface area contributed by atoms with Crippen LogP contribution in [0.3, 0.4) is 0 Å². The third-order valence-electron chi connectivity index (χ3n) is 3.99. The second-order valence-corrected chi connectivity index (χ2v) is 6.09. The highest BCUT2D eigenvalue weighted by molar-refractivity contribution is 5.62. The number of nitrogens with zero attached hydrogens (tertiary/aromatic N) is 2. The van der Waals surface area contributed by atoms with Gasteiger partial charge in [-0.25, -0.2) is 0 Å². The molecule has 2 nitrogen and oxygen atoms in total. The number of rotatable bonds is 5. The number of hydrogen-bond donors (Lipinski definition) is 0. The van der Waals surface area contributed by atoms with Crippen molar-refractivity contribution in [2.45, 2.75) is 20.0 Å². The van der Waals surface area contributed by atoms with Crippen LogP contribution < -0.4 is 0 Å². The van der Waals surface area contributed by atoms with E-state index in [1.54, 1.807) is 0 Å². The fourth-order valence-corrected chi connectivity index (χ4v) is 2.72. The van der Waals surface area contributed by atoms with E-state index in [0.29, 0.717) is 0 Å². The summed E-state index contributed by atoms with van der Waals surface area (Å²) in [5, 5.41) is 0. The van der Waals surface area contributed by atoms with Crippen molar-refractivity contribution >= 4 is 0 Å². The summed E-state index contributed by atoms with van der Waals surface area (Å²) < 4.78 is 0. The standard InChI is InChI=1S/C21H22N2/c1-17-3-5-18(6-4-17)15-23(2)16-19-7-9-20(10-8-19)21-11-13-22-14-12-21/h3-14H,15-16H2,1-2H3. The summed E-state index contributed by atoms with van der Waals surface area (Å²) in [6, 6.07) is 21.6. The predicted molar refractivity (Wildman–Crippen MR) is 96.0 cm³/mol. The number of aromatic nitrogens is 1. The van der Waals surface area contributed by atoms with Crippen molar-refractivity contribution in [2.75, 3.05) is 7.05 Å². The zero-order valence-corrected chi connectivity index (χ0v) is 13.7. The molecule has 0 unspecified atom stereocenters. The van der Waals surface area contributed by atoms with Gasteiger partial charge in [-0.2, -0.15) is 0 Å². The van der Waals surface area contributed by atoms with Crippen molar-refractivity contribution in [1.82, 2.24) is 9.88 Å². The lowest BCUT2D eigenvalue weighted by Crippen LogP contribution is -2.17. The first kappa shape index (κ1) is 15.4. The van der Waals surface area contributed by atoms with Gasteiger partial charge in [0.1, 0.15) is 0 Å². The Morgan fingerprint density at radius 3 is 1.74 bits per heavy atom. The summed E-state index contributed by atoms with van der Waals surface area (Å²) in [7, 11) is 2.16. The van der Waals surface area contributed by atoms with E-state index in [9.17, 15) is 0 Å². The molecule has 0 aliphatic heterocycles. The van der Waals surface area contributed by atoms with Gasteiger partial charge in [-0.05, 0) is 48.4 Å². The average molecular weight is 302 g/mol. The van der Waals surface area contributed by atoms with Gasteiger partial charge < -0.3 is 0 Å². The molecule has 23 heavy (non-hydrogen) atoms. The lowest BCUT2D eigenvalue weighted by atomic mass is 10.0. The molecule has 3 aromatic rings. The zero-order valence-electron chi connectivity index (χ0n) is 13.7. The number of hydrogen-bond acceptors (Lipinski definition) is 2. The van der Waals surface area contributed by atoms with Crippen LogP contribution in [0.2, 0.25) is 0 Å². The normalized spacial score (nSPS) is 10.9. The Bertz CT molecular complexity index is 731. The van der Waals surface area contributed by atoms with Gasteiger partial charge in [0.05, 0.1) is 0 Å². The van der Waals surface area contributed by atoms with Crippen LogP contribution in [0.15, 0.2) is 73.1 Å². The van der Waals surface area contributed by atoms with Gasteiger partial charge in [0.2, 0.25) is 0 Å². The van der Waals surface area contributed by atoms with Crippen LogP contribution >= 0.6 is 0 Å². The molecule has 0 saturated carbocycles. The van der Waals surface area contributed by atoms with Crippen LogP contribution in [0.4, 0.5) is 0 Å². The van der Waals surface area contributed by atoms with E-state index in [-0.39, 0.29) is 0 Å². The predicted octanol–water partition coefficient (Wildman–Crippen LogP) is 4.69. The SMILES string of the molecule is Cc1ccc(CN(C)Cc2ccc(-c3ccncc3)cc2)cc1. The fourth-order valence-electron chi connectivity index (χ4n) is 2.72. The van der Waals surface area contributed by atoms with Crippen LogP contribution in [0.5, 0.6) is 0 Å². The summed E-state index contributed by atoms with van der Waals surface area (Å²) in [4.78, 5) is 6.41. The van der Waals surface area contributed by atoms with Crippen molar-refractivity contribution in [3.63, 3.8) is 0 Å². The van der Waals surface area contributed by atoms with Crippen LogP contribution in [0, 0.1) is 6.92 Å². The monoisotopic (exact) mass is 302 g/mol. The third kappa shape index (κ3) is 4.27. The highest BCUT2D eigenvalue weighted by atomic mass is 15.1. The molecule has 0 fully saturated rings. The Balaban J connectivity index is 1.62. The highest BCUT2D eigenvalue weighted by Crippen LogP contribution is 2.19. The zero-order chi connectivity index (χ0) is 16.1. The maximum absolute atomic E-state index is 4.07. The molecule has 2 heteroatoms. The molecule has 1 heterocycles. The summed E-state index contributed by atoms with van der Waals surface area (Å²) in [5.74, 6) is 0. The van der Waals surface area contributed by atoms with Gasteiger partial charge in [0.15, 0.2) is 0 Å². The minimum absolute atomic E-state index is 0.949. The van der Waals surface area contributed by atoms with Crippen LogP contribution in [0.25, 0.3) is 11.1 Å². The van der Waals surface area contributed by atoms with E-state index in [2.05, 4.69) is 72.4 Å². The Morgan fingerprint density at radius 2 is 1.17 bits per heavy atom. The Labute approximate surface area is 138 Å². The Hall–Kier alpha value is -2.45. The first-order valence-electron chi connectivity index (χ1n) is 7.94. The van der Waals surface area contributed by atoms with Crippen LogP contribution in [-0.2, 0) is 13.1 Å². The first-order valence-corrected chi connectivity index (χ1v) is 7.94. The topological polar surface area (TPSA) is 16.1 Å². The summed E-state index contributed by atoms with van der Waals surface area (Å²) in [6.45, 7) is 4.04. The van der Waals surface area contributed by atoms with Gasteiger partial charge in [0, 0.05) is 25.5 Å². The Morgan fingerprint density at radius 1 is 0.696 bits per heavy atom. The minimum atomic E-state index is 0.949. The smallest absolute Gasteiger partial charge is 0.0273 e. The molecular weight excluding hydrogens is 280 g/mol. The van der Waals surface area contributed by atoms with E-state index < -0.39 is 0 Å². The molecule has 0 amide bonds. The van der Waals surface area contributed by atoms with Gasteiger partial charge >= 0.3 is 0 Å². The number of pyridine rings is 1. The molecule has 2 aromatic carbocycles. The second-order valence-electron chi connectivity index (χ2n) is 6.09. The molecule has 0 radical (unpaired) electrons. The number of aryl methyl sites for hydroxylation is 1. The summed E-state index contributed by atoms with van der Waals surface area (Å²) in [5.41, 5.74) is 6.43. The largest absolute Gasteiger partial charge is 0.298 e. The minimum Gasteiger partial charge on any atom is -0.298 e. The van der Waals surface area contributed by atoms with Crippen molar-refractivity contribution in [3.8, 4) is 11.1 Å². The quantitative estimate of drug-likeness (QED) is 0.680. The molecule has 1 aromatic heterocycles. The summed E-state index contributed by atoms with van der Waals surface area (Å²) >= 11 is 0. The molecule has 116 valence electrons. The molecule has 0 N–H and O–H groups in total. The van der Waals surface area contributed by atoms with E-state index in [1.165, 1.54) is 27.8 Å². The molecule has 0 spiro atoms. The van der Waals surface area contributed by atoms with Crippen molar-refractivity contribution < 1.29 is 0 Å². The molecule has 0 atom stereocenters. The maximum atomic E-state index is 4.07. The van der Waals surface area contributed by atoms with Gasteiger partial charge in [-0.3, -0.25) is 9.88 Å². The summed E-state index contributed by atoms with van der Waals surface area (Å²) in [6.07, 6.45) is 3.66. The van der Waals surface area contributed by atoms with Crippen molar-refractivity contribution in [3.05, 3.63) is 89.7 Å². The third-order valence-corrected chi connectivity index (χ3v) is 3.99. The second kappa shape index (κ2) is 7.21. The van der Waals surface area contributed by atoms with E-state index >= 15 is 0 Å². The van der Waals surface area contributed by atoms with Gasteiger partial charge in [-0.1, -0.05) is 54.1 Å². The maximum Gasteiger partial charge on any atom is 0.0273 e. The molecule has 0 saturated heterocycles. The number of benzene rings is 2. The average Bonchev–Trinajstić information content (AvgIpc) is 2.58. The van der Waals surface area contributed by atoms with E-state index in [1.807, 2.05) is 24.5 Å². The van der Waals surface area contributed by atoms with E-state index in [0.717, 1.165) is 13.1 Å². The van der Waals surface area contributed by atoms with E-state index in [4.69, 9.17) is 0 Å². The lowest BCUT2D eigenvalue weighted by molar-refractivity contribution is 0.319.